The van der Waals surface area contributed by atoms with Gasteiger partial charge in [0.2, 0.25) is 0 Å². The highest BCUT2D eigenvalue weighted by molar-refractivity contribution is 9.10. The van der Waals surface area contributed by atoms with E-state index in [2.05, 4.69) is 43.9 Å². The largest absolute Gasteiger partial charge is 0.370 e. The van der Waals surface area contributed by atoms with Crippen molar-refractivity contribution in [3.8, 4) is 0 Å². The Hall–Kier alpha value is -0.580. The molecule has 0 aromatic heterocycles. The highest BCUT2D eigenvalue weighted by Crippen LogP contribution is 2.29. The number of anilines is 1. The van der Waals surface area contributed by atoms with Crippen LogP contribution in [-0.4, -0.2) is 37.1 Å². The van der Waals surface area contributed by atoms with Crippen LogP contribution in [0.1, 0.15) is 24.8 Å². The zero-order chi connectivity index (χ0) is 13.2. The highest BCUT2D eigenvalue weighted by Gasteiger charge is 2.29. The van der Waals surface area contributed by atoms with Crippen LogP contribution >= 0.6 is 15.9 Å². The molecule has 0 radical (unpaired) electrons. The highest BCUT2D eigenvalue weighted by atomic mass is 79.9. The van der Waals surface area contributed by atoms with Crippen LogP contribution in [0.15, 0.2) is 22.7 Å². The Morgan fingerprint density at radius 2 is 2.00 bits per heavy atom. The van der Waals surface area contributed by atoms with Gasteiger partial charge in [-0.2, -0.15) is 0 Å². The van der Waals surface area contributed by atoms with E-state index >= 15 is 0 Å². The molecule has 1 unspecified atom stereocenters. The second kappa shape index (κ2) is 5.81. The van der Waals surface area contributed by atoms with E-state index in [1.165, 1.54) is 43.6 Å². The Labute approximate surface area is 123 Å². The average Bonchev–Trinajstić information content (AvgIpc) is 3.09. The van der Waals surface area contributed by atoms with Crippen LogP contribution in [0, 0.1) is 0 Å². The number of rotatable bonds is 3. The molecular formula is C15H22BrN3. The lowest BCUT2D eigenvalue weighted by Gasteiger charge is -2.25. The summed E-state index contributed by atoms with van der Waals surface area (Å²) >= 11 is 3.53. The number of likely N-dealkylation sites (tertiary alicyclic amines) is 1. The Morgan fingerprint density at radius 1 is 1.21 bits per heavy atom. The van der Waals surface area contributed by atoms with Crippen molar-refractivity contribution in [2.45, 2.75) is 31.8 Å². The summed E-state index contributed by atoms with van der Waals surface area (Å²) < 4.78 is 1.12. The molecule has 3 rings (SSSR count). The summed E-state index contributed by atoms with van der Waals surface area (Å²) in [6, 6.07) is 7.23. The molecular weight excluding hydrogens is 302 g/mol. The maximum absolute atomic E-state index is 5.89. The maximum Gasteiger partial charge on any atom is 0.0413 e. The van der Waals surface area contributed by atoms with Gasteiger partial charge >= 0.3 is 0 Å². The van der Waals surface area contributed by atoms with Gasteiger partial charge in [0.15, 0.2) is 0 Å². The van der Waals surface area contributed by atoms with Crippen LogP contribution in [-0.2, 0) is 6.54 Å². The second-order valence-corrected chi connectivity index (χ2v) is 6.52. The molecule has 0 bridgehead atoms. The van der Waals surface area contributed by atoms with Crippen molar-refractivity contribution in [2.24, 2.45) is 5.73 Å². The molecule has 1 atom stereocenters. The number of hydrogen-bond donors (Lipinski definition) is 1. The molecule has 3 nitrogen and oxygen atoms in total. The summed E-state index contributed by atoms with van der Waals surface area (Å²) in [5.74, 6) is 0. The lowest BCUT2D eigenvalue weighted by molar-refractivity contribution is 0.260. The van der Waals surface area contributed by atoms with Gasteiger partial charge in [-0.3, -0.25) is 4.90 Å². The molecule has 0 spiro atoms. The van der Waals surface area contributed by atoms with Gasteiger partial charge in [0, 0.05) is 35.8 Å². The molecule has 2 N–H and O–H groups in total. The summed E-state index contributed by atoms with van der Waals surface area (Å²) in [6.45, 7) is 5.52. The van der Waals surface area contributed by atoms with E-state index in [4.69, 9.17) is 5.73 Å². The fourth-order valence-corrected chi connectivity index (χ4v) is 3.80. The van der Waals surface area contributed by atoms with Crippen molar-refractivity contribution in [2.75, 3.05) is 31.1 Å². The third-order valence-corrected chi connectivity index (χ3v) is 4.92. The molecule has 2 aliphatic heterocycles. The molecule has 0 saturated carbocycles. The van der Waals surface area contributed by atoms with E-state index in [-0.39, 0.29) is 0 Å². The zero-order valence-corrected chi connectivity index (χ0v) is 12.9. The third kappa shape index (κ3) is 2.81. The number of hydrogen-bond acceptors (Lipinski definition) is 3. The monoisotopic (exact) mass is 323 g/mol. The minimum Gasteiger partial charge on any atom is -0.370 e. The molecule has 19 heavy (non-hydrogen) atoms. The zero-order valence-electron chi connectivity index (χ0n) is 11.3. The van der Waals surface area contributed by atoms with Crippen LogP contribution < -0.4 is 10.6 Å². The lowest BCUT2D eigenvalue weighted by atomic mass is 10.1. The predicted molar refractivity (Wildman–Crippen MR) is 83.5 cm³/mol. The minimum absolute atomic E-state index is 0.611. The summed E-state index contributed by atoms with van der Waals surface area (Å²) in [4.78, 5) is 5.18. The van der Waals surface area contributed by atoms with Crippen LogP contribution in [0.25, 0.3) is 0 Å². The fourth-order valence-electron chi connectivity index (χ4n) is 3.39. The van der Waals surface area contributed by atoms with Crippen LogP contribution in [0.5, 0.6) is 0 Å². The topological polar surface area (TPSA) is 32.5 Å². The lowest BCUT2D eigenvalue weighted by Crippen LogP contribution is -2.35. The van der Waals surface area contributed by atoms with Gasteiger partial charge in [-0.05, 0) is 56.1 Å². The quantitative estimate of drug-likeness (QED) is 0.928. The van der Waals surface area contributed by atoms with Crippen molar-refractivity contribution in [3.63, 3.8) is 0 Å². The second-order valence-electron chi connectivity index (χ2n) is 5.61. The summed E-state index contributed by atoms with van der Waals surface area (Å²) in [7, 11) is 0. The fraction of sp³-hybridized carbons (Fsp3) is 0.600. The maximum atomic E-state index is 5.89. The standard InChI is InChI=1S/C15H22BrN3/c16-13-3-4-15(12(9-13)10-17)19-8-5-14(11-19)18-6-1-2-7-18/h3-4,9,14H,1-2,5-8,10-11,17H2. The van der Waals surface area contributed by atoms with Crippen LogP contribution in [0.4, 0.5) is 5.69 Å². The SMILES string of the molecule is NCc1cc(Br)ccc1N1CCC(N2CCCC2)C1. The first-order valence-corrected chi connectivity index (χ1v) is 8.05. The van der Waals surface area contributed by atoms with Crippen molar-refractivity contribution in [1.82, 2.24) is 4.90 Å². The van der Waals surface area contributed by atoms with E-state index in [0.717, 1.165) is 23.6 Å². The van der Waals surface area contributed by atoms with Gasteiger partial charge in [-0.25, -0.2) is 0 Å². The molecule has 2 heterocycles. The molecule has 0 amide bonds. The van der Waals surface area contributed by atoms with Crippen molar-refractivity contribution in [3.05, 3.63) is 28.2 Å². The van der Waals surface area contributed by atoms with Crippen molar-refractivity contribution < 1.29 is 0 Å². The first-order valence-electron chi connectivity index (χ1n) is 7.25. The molecule has 2 fully saturated rings. The number of nitrogens with two attached hydrogens (primary N) is 1. The molecule has 2 saturated heterocycles. The Bertz CT molecular complexity index is 443. The molecule has 104 valence electrons. The van der Waals surface area contributed by atoms with E-state index in [1.807, 2.05) is 0 Å². The van der Waals surface area contributed by atoms with Gasteiger partial charge in [0.05, 0.1) is 0 Å². The minimum atomic E-state index is 0.611. The Balaban J connectivity index is 1.73. The van der Waals surface area contributed by atoms with Crippen LogP contribution in [0.3, 0.4) is 0 Å². The molecule has 1 aromatic carbocycles. The first kappa shape index (κ1) is 13.4. The molecule has 4 heteroatoms. The normalized spacial score (nSPS) is 24.3. The van der Waals surface area contributed by atoms with E-state index in [1.54, 1.807) is 0 Å². The summed E-state index contributed by atoms with van der Waals surface area (Å²) in [5.41, 5.74) is 8.46. The van der Waals surface area contributed by atoms with Crippen molar-refractivity contribution >= 4 is 21.6 Å². The third-order valence-electron chi connectivity index (χ3n) is 4.42. The van der Waals surface area contributed by atoms with E-state index in [9.17, 15) is 0 Å². The number of benzene rings is 1. The van der Waals surface area contributed by atoms with Gasteiger partial charge in [0.1, 0.15) is 0 Å². The van der Waals surface area contributed by atoms with E-state index < -0.39 is 0 Å². The predicted octanol–water partition coefficient (Wildman–Crippen LogP) is 2.58. The number of nitrogens with zero attached hydrogens (tertiary/aromatic N) is 2. The summed E-state index contributed by atoms with van der Waals surface area (Å²) in [6.07, 6.45) is 4.05. The van der Waals surface area contributed by atoms with E-state index in [0.29, 0.717) is 6.54 Å². The average molecular weight is 324 g/mol. The van der Waals surface area contributed by atoms with Gasteiger partial charge in [-0.15, -0.1) is 0 Å². The van der Waals surface area contributed by atoms with Crippen molar-refractivity contribution in [1.29, 1.82) is 0 Å². The number of halogens is 1. The smallest absolute Gasteiger partial charge is 0.0413 e. The molecule has 2 aliphatic rings. The summed E-state index contributed by atoms with van der Waals surface area (Å²) in [5, 5.41) is 0. The molecule has 0 aliphatic carbocycles. The first-order chi connectivity index (χ1) is 9.28. The van der Waals surface area contributed by atoms with Gasteiger partial charge in [0.25, 0.3) is 0 Å². The Kier molecular flexibility index (Phi) is 4.10. The van der Waals surface area contributed by atoms with Crippen LogP contribution in [0.2, 0.25) is 0 Å². The Morgan fingerprint density at radius 3 is 2.74 bits per heavy atom. The van der Waals surface area contributed by atoms with Gasteiger partial charge < -0.3 is 10.6 Å². The molecule has 1 aromatic rings. The van der Waals surface area contributed by atoms with Gasteiger partial charge in [-0.1, -0.05) is 15.9 Å².